The van der Waals surface area contributed by atoms with Gasteiger partial charge in [0.2, 0.25) is 5.91 Å². The van der Waals surface area contributed by atoms with Crippen LogP contribution in [-0.4, -0.2) is 49.9 Å². The Morgan fingerprint density at radius 1 is 1.03 bits per heavy atom. The second-order valence-electron chi connectivity index (χ2n) is 8.41. The zero-order valence-electron chi connectivity index (χ0n) is 18.0. The van der Waals surface area contributed by atoms with Crippen LogP contribution in [0.5, 0.6) is 0 Å². The van der Waals surface area contributed by atoms with Gasteiger partial charge in [0.1, 0.15) is 0 Å². The summed E-state index contributed by atoms with van der Waals surface area (Å²) in [5, 5.41) is 3.25. The van der Waals surface area contributed by atoms with Crippen molar-refractivity contribution in [3.05, 3.63) is 69.7 Å². The number of nitrogens with zero attached hydrogens (tertiary/aromatic N) is 3. The smallest absolute Gasteiger partial charge is 0.263 e. The zero-order chi connectivity index (χ0) is 23.9. The van der Waals surface area contributed by atoms with Crippen molar-refractivity contribution in [3.63, 3.8) is 0 Å². The number of benzene rings is 2. The van der Waals surface area contributed by atoms with E-state index in [0.29, 0.717) is 27.4 Å². The highest BCUT2D eigenvalue weighted by atomic mass is 35.5. The van der Waals surface area contributed by atoms with E-state index in [1.54, 1.807) is 28.5 Å². The molecule has 0 saturated carbocycles. The van der Waals surface area contributed by atoms with Crippen molar-refractivity contribution in [2.45, 2.75) is 29.7 Å². The lowest BCUT2D eigenvalue weighted by molar-refractivity contribution is -0.121. The van der Waals surface area contributed by atoms with Crippen molar-refractivity contribution in [1.82, 2.24) is 9.88 Å². The quantitative estimate of drug-likeness (QED) is 0.487. The number of amides is 1. The van der Waals surface area contributed by atoms with Crippen LogP contribution in [0.15, 0.2) is 58.9 Å². The lowest BCUT2D eigenvalue weighted by atomic mass is 9.98. The molecule has 0 spiro atoms. The molecule has 2 aromatic carbocycles. The fraction of sp³-hybridized carbons (Fsp3) is 0.304. The molecular weight excluding hydrogens is 515 g/mol. The van der Waals surface area contributed by atoms with Crippen molar-refractivity contribution in [2.24, 2.45) is 0 Å². The second kappa shape index (κ2) is 9.47. The van der Waals surface area contributed by atoms with Crippen LogP contribution < -0.4 is 9.62 Å². The Labute approximate surface area is 212 Å². The molecule has 0 radical (unpaired) electrons. The normalized spacial score (nSPS) is 21.4. The summed E-state index contributed by atoms with van der Waals surface area (Å²) in [6.07, 6.45) is 3.21. The topological polar surface area (TPSA) is 82.6 Å². The van der Waals surface area contributed by atoms with Gasteiger partial charge in [-0.25, -0.2) is 13.4 Å². The van der Waals surface area contributed by atoms with Gasteiger partial charge in [-0.2, -0.15) is 0 Å². The van der Waals surface area contributed by atoms with E-state index in [-0.39, 0.29) is 22.8 Å². The molecule has 11 heteroatoms. The molecule has 5 rings (SSSR count). The molecule has 7 nitrogen and oxygen atoms in total. The predicted octanol–water partition coefficient (Wildman–Crippen LogP) is 4.85. The van der Waals surface area contributed by atoms with Crippen molar-refractivity contribution in [1.29, 1.82) is 0 Å². The summed E-state index contributed by atoms with van der Waals surface area (Å²) >= 11 is 13.6. The monoisotopic (exact) mass is 536 g/mol. The van der Waals surface area contributed by atoms with Crippen LogP contribution in [0, 0.1) is 0 Å². The first-order chi connectivity index (χ1) is 16.3. The number of sulfonamides is 1. The molecule has 2 aliphatic heterocycles. The first-order valence-electron chi connectivity index (χ1n) is 10.8. The van der Waals surface area contributed by atoms with E-state index in [4.69, 9.17) is 23.2 Å². The minimum atomic E-state index is -3.73. The molecule has 1 N–H and O–H groups in total. The second-order valence-corrected chi connectivity index (χ2v) is 11.9. The average Bonchev–Trinajstić information content (AvgIpc) is 3.54. The van der Waals surface area contributed by atoms with Gasteiger partial charge < -0.3 is 4.90 Å². The summed E-state index contributed by atoms with van der Waals surface area (Å²) < 4.78 is 27.6. The van der Waals surface area contributed by atoms with Gasteiger partial charge in [-0.1, -0.05) is 23.2 Å². The first kappa shape index (κ1) is 23.6. The molecule has 2 atom stereocenters. The Hall–Kier alpha value is -2.17. The number of hydrogen-bond donors (Lipinski definition) is 1. The van der Waals surface area contributed by atoms with E-state index in [9.17, 15) is 13.2 Å². The number of carbonyl (C=O) groups excluding carboxylic acids is 1. The summed E-state index contributed by atoms with van der Waals surface area (Å²) in [4.78, 5) is 21.3. The Balaban J connectivity index is 1.25. The Kier molecular flexibility index (Phi) is 6.56. The average molecular weight is 537 g/mol. The molecule has 0 bridgehead atoms. The van der Waals surface area contributed by atoms with Crippen LogP contribution in [0.2, 0.25) is 10.0 Å². The fourth-order valence-corrected chi connectivity index (χ4v) is 7.00. The summed E-state index contributed by atoms with van der Waals surface area (Å²) in [6, 6.07) is 11.8. The summed E-state index contributed by atoms with van der Waals surface area (Å²) in [7, 11) is -3.73. The SMILES string of the molecule is O=C1[C@@H](N2CCC(c3cc(Cl)cc(Cl)c3)C2)CCN1c1ccc(S(=O)(=O)Nc2nccs2)cc1. The molecule has 34 heavy (non-hydrogen) atoms. The summed E-state index contributed by atoms with van der Waals surface area (Å²) in [5.41, 5.74) is 1.79. The Bertz CT molecular complexity index is 1280. The maximum atomic E-state index is 13.2. The molecular formula is C23H22Cl2N4O3S2. The molecule has 2 fully saturated rings. The molecule has 2 saturated heterocycles. The van der Waals surface area contributed by atoms with Crippen molar-refractivity contribution in [2.75, 3.05) is 29.3 Å². The largest absolute Gasteiger partial charge is 0.311 e. The third-order valence-electron chi connectivity index (χ3n) is 6.31. The molecule has 3 aromatic rings. The Morgan fingerprint density at radius 2 is 1.76 bits per heavy atom. The van der Waals surface area contributed by atoms with E-state index in [1.165, 1.54) is 29.7 Å². The van der Waals surface area contributed by atoms with E-state index >= 15 is 0 Å². The van der Waals surface area contributed by atoms with Crippen LogP contribution in [0.25, 0.3) is 0 Å². The zero-order valence-corrected chi connectivity index (χ0v) is 21.2. The number of thiazole rings is 1. The van der Waals surface area contributed by atoms with Crippen LogP contribution in [0.4, 0.5) is 10.8 Å². The highest BCUT2D eigenvalue weighted by molar-refractivity contribution is 7.93. The number of nitrogens with one attached hydrogen (secondary N) is 1. The molecule has 2 aliphatic rings. The van der Waals surface area contributed by atoms with Gasteiger partial charge in [0.05, 0.1) is 10.9 Å². The van der Waals surface area contributed by atoms with Gasteiger partial charge in [0, 0.05) is 40.4 Å². The van der Waals surface area contributed by atoms with E-state index in [2.05, 4.69) is 14.6 Å². The number of rotatable bonds is 6. The van der Waals surface area contributed by atoms with Crippen LogP contribution in [0.1, 0.15) is 24.3 Å². The minimum absolute atomic E-state index is 0.0429. The maximum absolute atomic E-state index is 13.2. The summed E-state index contributed by atoms with van der Waals surface area (Å²) in [5.74, 6) is 0.328. The molecule has 3 heterocycles. The van der Waals surface area contributed by atoms with E-state index < -0.39 is 10.0 Å². The Morgan fingerprint density at radius 3 is 2.44 bits per heavy atom. The fourth-order valence-electron chi connectivity index (χ4n) is 4.67. The van der Waals surface area contributed by atoms with Gasteiger partial charge >= 0.3 is 0 Å². The van der Waals surface area contributed by atoms with Crippen molar-refractivity contribution in [3.8, 4) is 0 Å². The van der Waals surface area contributed by atoms with Crippen molar-refractivity contribution < 1.29 is 13.2 Å². The molecule has 1 unspecified atom stereocenters. The van der Waals surface area contributed by atoms with Gasteiger partial charge in [-0.3, -0.25) is 14.4 Å². The standard InChI is InChI=1S/C23H22Cl2N4O3S2/c24-17-11-16(12-18(25)13-17)15-5-8-28(14-15)21-6-9-29(22(21)30)19-1-3-20(4-2-19)34(31,32)27-23-26-7-10-33-23/h1-4,7,10-13,15,21H,5-6,8-9,14H2,(H,26,27)/t15?,21-/m0/s1. The first-order valence-corrected chi connectivity index (χ1v) is 14.0. The predicted molar refractivity (Wildman–Crippen MR) is 136 cm³/mol. The highest BCUT2D eigenvalue weighted by Crippen LogP contribution is 2.35. The van der Waals surface area contributed by atoms with Crippen LogP contribution in [0.3, 0.4) is 0 Å². The van der Waals surface area contributed by atoms with Crippen LogP contribution in [-0.2, 0) is 14.8 Å². The minimum Gasteiger partial charge on any atom is -0.311 e. The number of aromatic nitrogens is 1. The van der Waals surface area contributed by atoms with Crippen molar-refractivity contribution >= 4 is 61.3 Å². The third kappa shape index (κ3) is 4.81. The van der Waals surface area contributed by atoms with Crippen LogP contribution >= 0.6 is 34.5 Å². The van der Waals surface area contributed by atoms with E-state index in [1.807, 2.05) is 12.1 Å². The molecule has 1 amide bonds. The third-order valence-corrected chi connectivity index (χ3v) is 8.92. The lowest BCUT2D eigenvalue weighted by Crippen LogP contribution is -2.40. The lowest BCUT2D eigenvalue weighted by Gasteiger charge is -2.23. The number of hydrogen-bond acceptors (Lipinski definition) is 6. The number of halogens is 2. The van der Waals surface area contributed by atoms with Gasteiger partial charge in [-0.15, -0.1) is 11.3 Å². The van der Waals surface area contributed by atoms with E-state index in [0.717, 1.165) is 31.5 Å². The molecule has 1 aromatic heterocycles. The highest BCUT2D eigenvalue weighted by Gasteiger charge is 2.40. The molecule has 178 valence electrons. The van der Waals surface area contributed by atoms with Gasteiger partial charge in [0.15, 0.2) is 5.13 Å². The number of anilines is 2. The maximum Gasteiger partial charge on any atom is 0.263 e. The van der Waals surface area contributed by atoms with Gasteiger partial charge in [-0.05, 0) is 73.3 Å². The molecule has 0 aliphatic carbocycles. The number of likely N-dealkylation sites (tertiary alicyclic amines) is 1. The summed E-state index contributed by atoms with van der Waals surface area (Å²) in [6.45, 7) is 2.20. The van der Waals surface area contributed by atoms with Gasteiger partial charge in [0.25, 0.3) is 10.0 Å². The number of carbonyl (C=O) groups is 1.